The predicted octanol–water partition coefficient (Wildman–Crippen LogP) is 7.85. The number of H-pyrrole nitrogens is 2. The highest BCUT2D eigenvalue weighted by atomic mass is 16.2. The number of nitrogens with zero attached hydrogens (tertiary/aromatic N) is 2. The van der Waals surface area contributed by atoms with Crippen LogP contribution in [0.15, 0.2) is 60.9 Å². The summed E-state index contributed by atoms with van der Waals surface area (Å²) >= 11 is 0. The van der Waals surface area contributed by atoms with Crippen LogP contribution in [0.1, 0.15) is 92.0 Å². The molecule has 0 radical (unpaired) electrons. The molecule has 0 saturated heterocycles. The van der Waals surface area contributed by atoms with Gasteiger partial charge in [-0.1, -0.05) is 104 Å². The van der Waals surface area contributed by atoms with Crippen molar-refractivity contribution in [2.75, 3.05) is 0 Å². The molecular formula is C36H48N6O2. The SMILES string of the molecule is CC(C)CC(=O)N[C@H](c1ncc(-c2ccc(-c3ccc(-c4cnc([C@@H](NC(=O)CC(C)C)C(C)C)[nH]4)cc3)cc2)[nH]1)C(C)C. The van der Waals surface area contributed by atoms with Gasteiger partial charge in [0, 0.05) is 12.8 Å². The van der Waals surface area contributed by atoms with Gasteiger partial charge in [0.05, 0.1) is 35.9 Å². The first-order chi connectivity index (χ1) is 20.9. The maximum atomic E-state index is 12.4. The van der Waals surface area contributed by atoms with Crippen LogP contribution in [0.2, 0.25) is 0 Å². The average Bonchev–Trinajstić information content (AvgIpc) is 3.65. The molecule has 8 heteroatoms. The van der Waals surface area contributed by atoms with Gasteiger partial charge in [0.15, 0.2) is 0 Å². The molecule has 4 N–H and O–H groups in total. The van der Waals surface area contributed by atoms with Gasteiger partial charge in [-0.2, -0.15) is 0 Å². The van der Waals surface area contributed by atoms with Crippen LogP contribution in [0.25, 0.3) is 33.6 Å². The first-order valence-corrected chi connectivity index (χ1v) is 15.8. The number of hydrogen-bond donors (Lipinski definition) is 4. The van der Waals surface area contributed by atoms with Crippen LogP contribution < -0.4 is 10.6 Å². The Kier molecular flexibility index (Phi) is 10.8. The van der Waals surface area contributed by atoms with Crippen molar-refractivity contribution in [1.29, 1.82) is 0 Å². The largest absolute Gasteiger partial charge is 0.346 e. The van der Waals surface area contributed by atoms with Crippen molar-refractivity contribution in [3.63, 3.8) is 0 Å². The number of nitrogens with one attached hydrogen (secondary N) is 4. The molecule has 8 nitrogen and oxygen atoms in total. The Balaban J connectivity index is 1.44. The Morgan fingerprint density at radius 1 is 0.568 bits per heavy atom. The third kappa shape index (κ3) is 8.46. The average molecular weight is 597 g/mol. The fourth-order valence-corrected chi connectivity index (χ4v) is 5.28. The maximum Gasteiger partial charge on any atom is 0.220 e. The lowest BCUT2D eigenvalue weighted by atomic mass is 10.0. The summed E-state index contributed by atoms with van der Waals surface area (Å²) in [7, 11) is 0. The topological polar surface area (TPSA) is 116 Å². The molecule has 4 aromatic rings. The molecule has 0 aliphatic carbocycles. The molecule has 0 bridgehead atoms. The van der Waals surface area contributed by atoms with E-state index in [1.54, 1.807) is 0 Å². The summed E-state index contributed by atoms with van der Waals surface area (Å²) in [5.41, 5.74) is 6.12. The van der Waals surface area contributed by atoms with Crippen molar-refractivity contribution in [2.24, 2.45) is 23.7 Å². The number of rotatable bonds is 13. The predicted molar refractivity (Wildman–Crippen MR) is 177 cm³/mol. The van der Waals surface area contributed by atoms with Crippen LogP contribution in [-0.2, 0) is 9.59 Å². The van der Waals surface area contributed by atoms with Crippen LogP contribution in [0.3, 0.4) is 0 Å². The molecule has 2 heterocycles. The zero-order chi connectivity index (χ0) is 32.0. The van der Waals surface area contributed by atoms with E-state index < -0.39 is 0 Å². The van der Waals surface area contributed by atoms with Crippen LogP contribution in [0.5, 0.6) is 0 Å². The smallest absolute Gasteiger partial charge is 0.220 e. The van der Waals surface area contributed by atoms with Crippen molar-refractivity contribution in [3.8, 4) is 33.6 Å². The molecule has 234 valence electrons. The molecule has 2 atom stereocenters. The summed E-state index contributed by atoms with van der Waals surface area (Å²) in [6.45, 7) is 16.5. The fraction of sp³-hybridized carbons (Fsp3) is 0.444. The molecule has 0 aliphatic heterocycles. The number of amides is 2. The Labute approximate surface area is 261 Å². The molecular weight excluding hydrogens is 548 g/mol. The van der Waals surface area contributed by atoms with Gasteiger partial charge in [-0.25, -0.2) is 9.97 Å². The standard InChI is InChI=1S/C36H48N6O2/c1-21(2)17-31(43)41-33(23(5)6)35-37-19-29(39-35)27-13-9-25(10-14-27)26-11-15-28(16-12-26)30-20-38-36(40-30)34(24(7)8)42-32(44)18-22(3)4/h9-16,19-24,33-34H,17-18H2,1-8H3,(H,37,39)(H,38,40)(H,41,43)(H,42,44)/t33-,34-/m0/s1. The second kappa shape index (κ2) is 14.5. The number of imidazole rings is 2. The molecule has 2 amide bonds. The molecule has 0 fully saturated rings. The number of aromatic nitrogens is 4. The summed E-state index contributed by atoms with van der Waals surface area (Å²) in [5, 5.41) is 6.29. The first-order valence-electron chi connectivity index (χ1n) is 15.8. The van der Waals surface area contributed by atoms with Crippen LogP contribution in [-0.4, -0.2) is 31.8 Å². The van der Waals surface area contributed by atoms with E-state index >= 15 is 0 Å². The van der Waals surface area contributed by atoms with E-state index in [1.165, 1.54) is 0 Å². The third-order valence-electron chi connectivity index (χ3n) is 7.66. The molecule has 2 aromatic carbocycles. The maximum absolute atomic E-state index is 12.4. The van der Waals surface area contributed by atoms with Crippen molar-refractivity contribution >= 4 is 11.8 Å². The number of aromatic amines is 2. The number of benzene rings is 2. The fourth-order valence-electron chi connectivity index (χ4n) is 5.28. The zero-order valence-corrected chi connectivity index (χ0v) is 27.4. The van der Waals surface area contributed by atoms with Gasteiger partial charge in [-0.05, 0) is 45.9 Å². The highest BCUT2D eigenvalue weighted by molar-refractivity contribution is 5.77. The van der Waals surface area contributed by atoms with Gasteiger partial charge >= 0.3 is 0 Å². The van der Waals surface area contributed by atoms with Gasteiger partial charge in [0.25, 0.3) is 0 Å². The summed E-state index contributed by atoms with van der Waals surface area (Å²) < 4.78 is 0. The van der Waals surface area contributed by atoms with Crippen molar-refractivity contribution in [2.45, 2.75) is 80.3 Å². The highest BCUT2D eigenvalue weighted by Crippen LogP contribution is 2.29. The minimum atomic E-state index is -0.168. The van der Waals surface area contributed by atoms with E-state index in [9.17, 15) is 9.59 Å². The second-order valence-corrected chi connectivity index (χ2v) is 13.3. The number of carbonyl (C=O) groups excluding carboxylic acids is 2. The van der Waals surface area contributed by atoms with Gasteiger partial charge in [-0.3, -0.25) is 9.59 Å². The summed E-state index contributed by atoms with van der Waals surface area (Å²) in [6.07, 6.45) is 4.67. The lowest BCUT2D eigenvalue weighted by Crippen LogP contribution is -2.33. The Morgan fingerprint density at radius 3 is 1.18 bits per heavy atom. The normalized spacial score (nSPS) is 13.1. The molecule has 0 unspecified atom stereocenters. The van der Waals surface area contributed by atoms with E-state index in [0.29, 0.717) is 24.7 Å². The molecule has 4 rings (SSSR count). The first kappa shape index (κ1) is 32.7. The minimum absolute atomic E-state index is 0.0466. The van der Waals surface area contributed by atoms with E-state index in [2.05, 4.69) is 107 Å². The van der Waals surface area contributed by atoms with Crippen LogP contribution in [0.4, 0.5) is 0 Å². The summed E-state index contributed by atoms with van der Waals surface area (Å²) in [4.78, 5) is 41.0. The third-order valence-corrected chi connectivity index (χ3v) is 7.66. The van der Waals surface area contributed by atoms with Gasteiger partial charge in [-0.15, -0.1) is 0 Å². The molecule has 0 spiro atoms. The summed E-state index contributed by atoms with van der Waals surface area (Å²) in [5.74, 6) is 2.65. The molecule has 2 aromatic heterocycles. The highest BCUT2D eigenvalue weighted by Gasteiger charge is 2.23. The monoisotopic (exact) mass is 596 g/mol. The number of carbonyl (C=O) groups is 2. The lowest BCUT2D eigenvalue weighted by molar-refractivity contribution is -0.123. The molecule has 0 saturated carbocycles. The van der Waals surface area contributed by atoms with E-state index in [1.807, 2.05) is 40.1 Å². The van der Waals surface area contributed by atoms with Crippen LogP contribution >= 0.6 is 0 Å². The molecule has 44 heavy (non-hydrogen) atoms. The quantitative estimate of drug-likeness (QED) is 0.126. The van der Waals surface area contributed by atoms with Crippen molar-refractivity contribution in [1.82, 2.24) is 30.6 Å². The Bertz CT molecular complexity index is 1400. The summed E-state index contributed by atoms with van der Waals surface area (Å²) in [6, 6.07) is 16.4. The van der Waals surface area contributed by atoms with E-state index in [-0.39, 0.29) is 35.7 Å². The van der Waals surface area contributed by atoms with E-state index in [4.69, 9.17) is 0 Å². The minimum Gasteiger partial charge on any atom is -0.346 e. The van der Waals surface area contributed by atoms with E-state index in [0.717, 1.165) is 45.3 Å². The number of hydrogen-bond acceptors (Lipinski definition) is 4. The zero-order valence-electron chi connectivity index (χ0n) is 27.4. The van der Waals surface area contributed by atoms with Crippen LogP contribution in [0, 0.1) is 23.7 Å². The van der Waals surface area contributed by atoms with Crippen molar-refractivity contribution < 1.29 is 9.59 Å². The Hall–Kier alpha value is -4.20. The lowest BCUT2D eigenvalue weighted by Gasteiger charge is -2.21. The second-order valence-electron chi connectivity index (χ2n) is 13.3. The van der Waals surface area contributed by atoms with Gasteiger partial charge in [0.2, 0.25) is 11.8 Å². The Morgan fingerprint density at radius 2 is 0.886 bits per heavy atom. The van der Waals surface area contributed by atoms with Gasteiger partial charge in [0.1, 0.15) is 11.6 Å². The molecule has 0 aliphatic rings. The van der Waals surface area contributed by atoms with Crippen molar-refractivity contribution in [3.05, 3.63) is 72.6 Å². The van der Waals surface area contributed by atoms with Gasteiger partial charge < -0.3 is 20.6 Å².